The first-order chi connectivity index (χ1) is 16.9. The van der Waals surface area contributed by atoms with Crippen LogP contribution in [-0.2, 0) is 6.54 Å². The van der Waals surface area contributed by atoms with Gasteiger partial charge in [-0.3, -0.25) is 9.80 Å². The molecule has 2 atom stereocenters. The van der Waals surface area contributed by atoms with Gasteiger partial charge in [-0.1, -0.05) is 29.3 Å². The van der Waals surface area contributed by atoms with Crippen LogP contribution in [-0.4, -0.2) is 69.1 Å². The summed E-state index contributed by atoms with van der Waals surface area (Å²) in [5, 5.41) is 1.09. The number of piperidine rings is 1. The first-order valence-electron chi connectivity index (χ1n) is 12.2. The molecule has 0 radical (unpaired) electrons. The highest BCUT2D eigenvalue weighted by Gasteiger charge is 2.36. The molecule has 0 bridgehead atoms. The summed E-state index contributed by atoms with van der Waals surface area (Å²) in [5.41, 5.74) is 1.60. The minimum Gasteiger partial charge on any atom is -0.350 e. The van der Waals surface area contributed by atoms with E-state index in [1.807, 2.05) is 12.3 Å². The molecule has 0 aliphatic carbocycles. The minimum absolute atomic E-state index is 0.220. The lowest BCUT2D eigenvalue weighted by Gasteiger charge is -2.49. The van der Waals surface area contributed by atoms with Gasteiger partial charge in [-0.05, 0) is 58.0 Å². The molecule has 2 aliphatic heterocycles. The Kier molecular flexibility index (Phi) is 7.30. The van der Waals surface area contributed by atoms with Gasteiger partial charge < -0.3 is 9.88 Å². The van der Waals surface area contributed by atoms with Crippen molar-refractivity contribution in [3.05, 3.63) is 64.3 Å². The molecule has 4 heterocycles. The number of likely N-dealkylation sites (tertiary alicyclic amines) is 1. The standard InChI is InChI=1S/C26H31Cl2FN6/c1-17-15-35(26-23(28)11-20(13-32-26)25-30-7-8-31-25)18(2)14-34(17)22-5-9-33(10-6-22)16-19-3-4-21(27)12-24(19)29/h3-4,7-8,11-13,17-18,22H,5-6,9-10,14-16H2,1-2H3,(H,30,31)/t17-,18+/m0/s1. The number of anilines is 1. The fourth-order valence-corrected chi connectivity index (χ4v) is 5.89. The maximum absolute atomic E-state index is 14.2. The van der Waals surface area contributed by atoms with E-state index >= 15 is 0 Å². The second kappa shape index (κ2) is 10.4. The molecule has 2 saturated heterocycles. The van der Waals surface area contributed by atoms with Crippen molar-refractivity contribution in [1.82, 2.24) is 24.8 Å². The van der Waals surface area contributed by atoms with Gasteiger partial charge >= 0.3 is 0 Å². The van der Waals surface area contributed by atoms with Gasteiger partial charge in [0.25, 0.3) is 0 Å². The number of hydrogen-bond donors (Lipinski definition) is 1. The van der Waals surface area contributed by atoms with Crippen molar-refractivity contribution >= 4 is 29.0 Å². The van der Waals surface area contributed by atoms with Crippen molar-refractivity contribution in [2.24, 2.45) is 0 Å². The van der Waals surface area contributed by atoms with E-state index < -0.39 is 0 Å². The molecule has 2 aromatic heterocycles. The Morgan fingerprint density at radius 2 is 1.86 bits per heavy atom. The van der Waals surface area contributed by atoms with E-state index in [-0.39, 0.29) is 5.82 Å². The summed E-state index contributed by atoms with van der Waals surface area (Å²) >= 11 is 12.6. The van der Waals surface area contributed by atoms with E-state index in [1.54, 1.807) is 24.5 Å². The number of aromatic nitrogens is 3. The van der Waals surface area contributed by atoms with Gasteiger partial charge in [0.15, 0.2) is 0 Å². The third kappa shape index (κ3) is 5.33. The predicted molar refractivity (Wildman–Crippen MR) is 140 cm³/mol. The van der Waals surface area contributed by atoms with Crippen molar-refractivity contribution in [3.63, 3.8) is 0 Å². The van der Waals surface area contributed by atoms with E-state index in [0.29, 0.717) is 40.3 Å². The van der Waals surface area contributed by atoms with Crippen molar-refractivity contribution in [2.45, 2.75) is 51.4 Å². The molecule has 0 saturated carbocycles. The molecular formula is C26H31Cl2FN6. The van der Waals surface area contributed by atoms with E-state index in [9.17, 15) is 4.39 Å². The summed E-state index contributed by atoms with van der Waals surface area (Å²) in [6.07, 6.45) is 7.52. The Morgan fingerprint density at radius 1 is 1.06 bits per heavy atom. The van der Waals surface area contributed by atoms with E-state index in [1.165, 1.54) is 6.07 Å². The lowest BCUT2D eigenvalue weighted by atomic mass is 9.97. The first kappa shape index (κ1) is 24.5. The largest absolute Gasteiger partial charge is 0.350 e. The quantitative estimate of drug-likeness (QED) is 0.486. The van der Waals surface area contributed by atoms with Gasteiger partial charge in [0.1, 0.15) is 17.5 Å². The first-order valence-corrected chi connectivity index (χ1v) is 13.0. The highest BCUT2D eigenvalue weighted by molar-refractivity contribution is 6.33. The Hall–Kier alpha value is -2.19. The third-order valence-electron chi connectivity index (χ3n) is 7.33. The number of hydrogen-bond acceptors (Lipinski definition) is 5. The Bertz CT molecular complexity index is 1150. The second-order valence-electron chi connectivity index (χ2n) is 9.76. The van der Waals surface area contributed by atoms with Crippen LogP contribution in [0.4, 0.5) is 10.2 Å². The van der Waals surface area contributed by atoms with Gasteiger partial charge in [0, 0.05) is 72.5 Å². The minimum atomic E-state index is -0.220. The van der Waals surface area contributed by atoms with E-state index in [2.05, 4.69) is 38.5 Å². The SMILES string of the molecule is C[C@@H]1CN(C2CCN(Cc3ccc(Cl)cc3F)CC2)[C@@H](C)CN1c1ncc(-c2ncc[nH]2)cc1Cl. The van der Waals surface area contributed by atoms with Crippen LogP contribution >= 0.6 is 23.2 Å². The van der Waals surface area contributed by atoms with Crippen LogP contribution in [0.3, 0.4) is 0 Å². The zero-order valence-corrected chi connectivity index (χ0v) is 21.6. The monoisotopic (exact) mass is 516 g/mol. The Labute approximate surface area is 216 Å². The van der Waals surface area contributed by atoms with Crippen molar-refractivity contribution in [3.8, 4) is 11.4 Å². The average molecular weight is 517 g/mol. The van der Waals surface area contributed by atoms with Crippen LogP contribution < -0.4 is 4.90 Å². The average Bonchev–Trinajstić information content (AvgIpc) is 3.38. The molecule has 1 N–H and O–H groups in total. The number of benzene rings is 1. The summed E-state index contributed by atoms with van der Waals surface area (Å²) in [6, 6.07) is 8.12. The maximum Gasteiger partial charge on any atom is 0.147 e. The van der Waals surface area contributed by atoms with Crippen molar-refractivity contribution in [2.75, 3.05) is 31.1 Å². The van der Waals surface area contributed by atoms with Crippen LogP contribution in [0.2, 0.25) is 10.0 Å². The lowest BCUT2D eigenvalue weighted by molar-refractivity contribution is 0.0583. The molecule has 6 nitrogen and oxygen atoms in total. The van der Waals surface area contributed by atoms with Gasteiger partial charge in [0.2, 0.25) is 0 Å². The fraction of sp³-hybridized carbons (Fsp3) is 0.462. The van der Waals surface area contributed by atoms with E-state index in [4.69, 9.17) is 28.2 Å². The topological polar surface area (TPSA) is 51.3 Å². The number of nitrogens with one attached hydrogen (secondary N) is 1. The molecule has 2 aliphatic rings. The fourth-order valence-electron chi connectivity index (χ4n) is 5.45. The summed E-state index contributed by atoms with van der Waals surface area (Å²) in [5.74, 6) is 1.38. The van der Waals surface area contributed by atoms with E-state index in [0.717, 1.165) is 56.2 Å². The molecule has 2 fully saturated rings. The van der Waals surface area contributed by atoms with Gasteiger partial charge in [-0.25, -0.2) is 14.4 Å². The normalized spacial score (nSPS) is 22.6. The van der Waals surface area contributed by atoms with Crippen LogP contribution in [0, 0.1) is 5.82 Å². The molecule has 0 amide bonds. The lowest BCUT2D eigenvalue weighted by Crippen LogP contribution is -2.61. The predicted octanol–water partition coefficient (Wildman–Crippen LogP) is 5.48. The number of pyridine rings is 1. The van der Waals surface area contributed by atoms with Crippen LogP contribution in [0.1, 0.15) is 32.3 Å². The number of aromatic amines is 1. The summed E-state index contributed by atoms with van der Waals surface area (Å²) in [7, 11) is 0. The number of halogens is 3. The highest BCUT2D eigenvalue weighted by Crippen LogP contribution is 2.32. The zero-order chi connectivity index (χ0) is 24.5. The summed E-state index contributed by atoms with van der Waals surface area (Å²) in [4.78, 5) is 19.4. The zero-order valence-electron chi connectivity index (χ0n) is 20.1. The molecule has 3 aromatic rings. The number of H-pyrrole nitrogens is 1. The summed E-state index contributed by atoms with van der Waals surface area (Å²) in [6.45, 7) is 8.95. The molecule has 0 spiro atoms. The Balaban J connectivity index is 1.19. The van der Waals surface area contributed by atoms with Gasteiger partial charge in [0.05, 0.1) is 5.02 Å². The third-order valence-corrected chi connectivity index (χ3v) is 7.85. The smallest absolute Gasteiger partial charge is 0.147 e. The number of piperazine rings is 1. The molecule has 1 aromatic carbocycles. The number of nitrogens with zero attached hydrogens (tertiary/aromatic N) is 5. The second-order valence-corrected chi connectivity index (χ2v) is 10.6. The Morgan fingerprint density at radius 3 is 2.54 bits per heavy atom. The molecule has 0 unspecified atom stereocenters. The van der Waals surface area contributed by atoms with Crippen LogP contribution in [0.5, 0.6) is 0 Å². The van der Waals surface area contributed by atoms with Crippen molar-refractivity contribution in [1.29, 1.82) is 0 Å². The molecule has 9 heteroatoms. The number of imidazole rings is 1. The van der Waals surface area contributed by atoms with Crippen LogP contribution in [0.25, 0.3) is 11.4 Å². The van der Waals surface area contributed by atoms with Gasteiger partial charge in [-0.15, -0.1) is 0 Å². The molecule has 5 rings (SSSR count). The van der Waals surface area contributed by atoms with Gasteiger partial charge in [-0.2, -0.15) is 0 Å². The summed E-state index contributed by atoms with van der Waals surface area (Å²) < 4.78 is 14.2. The molecule has 186 valence electrons. The highest BCUT2D eigenvalue weighted by atomic mass is 35.5. The number of rotatable bonds is 5. The van der Waals surface area contributed by atoms with Crippen LogP contribution in [0.15, 0.2) is 42.9 Å². The molecular weight excluding hydrogens is 486 g/mol. The maximum atomic E-state index is 14.2. The van der Waals surface area contributed by atoms with Crippen molar-refractivity contribution < 1.29 is 4.39 Å². The molecule has 35 heavy (non-hydrogen) atoms.